The normalized spacial score (nSPS) is 12.4. The first-order chi connectivity index (χ1) is 16.8. The van der Waals surface area contributed by atoms with Gasteiger partial charge in [0.25, 0.3) is 15.9 Å². The number of rotatable bonds is 7. The molecule has 3 aromatic rings. The molecular weight excluding hydrogens is 503 g/mol. The molecule has 3 amide bonds. The van der Waals surface area contributed by atoms with Crippen LogP contribution < -0.4 is 19.5 Å². The maximum Gasteiger partial charge on any atom is 0.417 e. The highest BCUT2D eigenvalue weighted by molar-refractivity contribution is 7.90. The summed E-state index contributed by atoms with van der Waals surface area (Å²) >= 11 is 0. The van der Waals surface area contributed by atoms with E-state index in [0.29, 0.717) is 6.20 Å². The van der Waals surface area contributed by atoms with E-state index in [9.17, 15) is 31.2 Å². The van der Waals surface area contributed by atoms with Gasteiger partial charge in [0.05, 0.1) is 10.5 Å². The first kappa shape index (κ1) is 26.5. The van der Waals surface area contributed by atoms with Crippen molar-refractivity contribution < 1.29 is 40.7 Å². The fraction of sp³-hybridized carbons (Fsp3) is 0.174. The fourth-order valence-electron chi connectivity index (χ4n) is 2.71. The lowest BCUT2D eigenvalue weighted by Crippen LogP contribution is -2.46. The Hall–Kier alpha value is -4.13. The number of imide groups is 1. The lowest BCUT2D eigenvalue weighted by atomic mass is 10.2. The van der Waals surface area contributed by atoms with Gasteiger partial charge in [-0.15, -0.1) is 0 Å². The molecule has 1 unspecified atom stereocenters. The van der Waals surface area contributed by atoms with E-state index in [1.807, 2.05) is 5.32 Å². The molecule has 0 aliphatic heterocycles. The van der Waals surface area contributed by atoms with Crippen LogP contribution in [0.1, 0.15) is 18.1 Å². The molecule has 0 radical (unpaired) electrons. The van der Waals surface area contributed by atoms with Crippen LogP contribution in [0.2, 0.25) is 0 Å². The average Bonchev–Trinajstić information content (AvgIpc) is 2.80. The Bertz CT molecular complexity index is 1330. The van der Waals surface area contributed by atoms with E-state index in [1.165, 1.54) is 43.3 Å². The number of alkyl halides is 3. The molecule has 2 aromatic carbocycles. The van der Waals surface area contributed by atoms with Gasteiger partial charge in [-0.3, -0.25) is 10.1 Å². The van der Waals surface area contributed by atoms with Crippen molar-refractivity contribution in [2.45, 2.75) is 31.0 Å². The van der Waals surface area contributed by atoms with Crippen LogP contribution in [0, 0.1) is 6.92 Å². The largest absolute Gasteiger partial charge is 0.481 e. The van der Waals surface area contributed by atoms with Crippen molar-refractivity contribution in [3.8, 4) is 17.4 Å². The predicted molar refractivity (Wildman–Crippen MR) is 121 cm³/mol. The number of hydrogen-bond acceptors (Lipinski definition) is 7. The monoisotopic (exact) mass is 523 g/mol. The quantitative estimate of drug-likeness (QED) is 0.476. The number of urea groups is 1. The maximum absolute atomic E-state index is 12.6. The molecule has 13 heteroatoms. The van der Waals surface area contributed by atoms with E-state index >= 15 is 0 Å². The highest BCUT2D eigenvalue weighted by Crippen LogP contribution is 2.30. The number of halogens is 3. The van der Waals surface area contributed by atoms with Gasteiger partial charge in [-0.1, -0.05) is 17.7 Å². The number of ether oxygens (including phenoxy) is 2. The van der Waals surface area contributed by atoms with Crippen LogP contribution in [0.4, 0.5) is 18.0 Å². The number of carbonyl (C=O) groups excluding carboxylic acids is 2. The van der Waals surface area contributed by atoms with Crippen molar-refractivity contribution >= 4 is 22.0 Å². The Morgan fingerprint density at radius 2 is 1.56 bits per heavy atom. The molecule has 0 aliphatic rings. The first-order valence-corrected chi connectivity index (χ1v) is 11.7. The molecule has 0 aliphatic carbocycles. The zero-order valence-corrected chi connectivity index (χ0v) is 19.7. The predicted octanol–water partition coefficient (Wildman–Crippen LogP) is 4.18. The molecule has 0 fully saturated rings. The van der Waals surface area contributed by atoms with Crippen LogP contribution in [-0.4, -0.2) is 31.4 Å². The number of pyridine rings is 1. The molecule has 0 spiro atoms. The zero-order chi connectivity index (χ0) is 26.5. The lowest BCUT2D eigenvalue weighted by molar-refractivity contribution is -0.137. The van der Waals surface area contributed by atoms with Crippen molar-refractivity contribution in [2.75, 3.05) is 0 Å². The first-order valence-electron chi connectivity index (χ1n) is 10.3. The van der Waals surface area contributed by atoms with Crippen LogP contribution in [-0.2, 0) is 21.0 Å². The van der Waals surface area contributed by atoms with Crippen molar-refractivity contribution in [2.24, 2.45) is 0 Å². The minimum atomic E-state index is -4.51. The van der Waals surface area contributed by atoms with Crippen LogP contribution in [0.25, 0.3) is 0 Å². The second kappa shape index (κ2) is 10.6. The van der Waals surface area contributed by atoms with Crippen LogP contribution in [0.15, 0.2) is 71.8 Å². The number of nitrogens with zero attached hydrogens (tertiary/aromatic N) is 1. The van der Waals surface area contributed by atoms with Gasteiger partial charge in [-0.05, 0) is 56.3 Å². The van der Waals surface area contributed by atoms with Crippen LogP contribution in [0.3, 0.4) is 0 Å². The fourth-order valence-corrected chi connectivity index (χ4v) is 3.62. The summed E-state index contributed by atoms with van der Waals surface area (Å²) in [5, 5.41) is 1.89. The third-order valence-electron chi connectivity index (χ3n) is 4.59. The number of sulfonamides is 1. The second-order valence-electron chi connectivity index (χ2n) is 7.45. The van der Waals surface area contributed by atoms with Gasteiger partial charge in [0, 0.05) is 12.3 Å². The number of carbonyl (C=O) groups is 2. The minimum Gasteiger partial charge on any atom is -0.481 e. The van der Waals surface area contributed by atoms with Gasteiger partial charge < -0.3 is 9.47 Å². The number of aromatic nitrogens is 1. The van der Waals surface area contributed by atoms with Gasteiger partial charge in [0.2, 0.25) is 5.88 Å². The number of nitrogens with one attached hydrogen (secondary N) is 2. The standard InChI is InChI=1S/C23H20F3N3O6S/c1-14-3-10-19(11-4-14)36(32,33)29-22(31)28-21(30)15(2)34-17-6-8-18(9-7-17)35-20-12-5-16(13-27-20)23(24,25)26/h3-13,15H,1-2H3,(H2,28,29,30,31). The molecule has 3 rings (SSSR count). The minimum absolute atomic E-state index is 0.0592. The Balaban J connectivity index is 1.52. The number of aryl methyl sites for hydroxylation is 1. The highest BCUT2D eigenvalue weighted by Gasteiger charge is 2.30. The summed E-state index contributed by atoms with van der Waals surface area (Å²) in [6.45, 7) is 3.11. The topological polar surface area (TPSA) is 124 Å². The SMILES string of the molecule is Cc1ccc(S(=O)(=O)NC(=O)NC(=O)C(C)Oc2ccc(Oc3ccc(C(F)(F)F)cn3)cc2)cc1. The summed E-state index contributed by atoms with van der Waals surface area (Å²) in [5.41, 5.74) is -0.0808. The van der Waals surface area contributed by atoms with Gasteiger partial charge in [-0.2, -0.15) is 13.2 Å². The molecule has 190 valence electrons. The maximum atomic E-state index is 12.6. The third-order valence-corrected chi connectivity index (χ3v) is 5.93. The average molecular weight is 523 g/mol. The molecule has 36 heavy (non-hydrogen) atoms. The summed E-state index contributed by atoms with van der Waals surface area (Å²) in [7, 11) is -4.18. The molecule has 1 atom stereocenters. The molecule has 1 aromatic heterocycles. The summed E-state index contributed by atoms with van der Waals surface area (Å²) in [6.07, 6.45) is -5.04. The van der Waals surface area contributed by atoms with E-state index in [1.54, 1.807) is 23.8 Å². The van der Waals surface area contributed by atoms with Crippen molar-refractivity contribution in [1.82, 2.24) is 15.0 Å². The molecule has 0 saturated carbocycles. The van der Waals surface area contributed by atoms with Gasteiger partial charge in [0.15, 0.2) is 6.10 Å². The molecule has 0 bridgehead atoms. The van der Waals surface area contributed by atoms with Crippen molar-refractivity contribution in [1.29, 1.82) is 0 Å². The summed E-state index contributed by atoms with van der Waals surface area (Å²) in [5.74, 6) is -0.512. The van der Waals surface area contributed by atoms with Crippen LogP contribution in [0.5, 0.6) is 17.4 Å². The zero-order valence-electron chi connectivity index (χ0n) is 18.9. The molecule has 1 heterocycles. The third kappa shape index (κ3) is 7.18. The Morgan fingerprint density at radius 1 is 0.944 bits per heavy atom. The van der Waals surface area contributed by atoms with Crippen molar-refractivity contribution in [3.63, 3.8) is 0 Å². The Labute approximate surface area is 204 Å². The lowest BCUT2D eigenvalue weighted by Gasteiger charge is -2.15. The van der Waals surface area contributed by atoms with Crippen molar-refractivity contribution in [3.05, 3.63) is 78.0 Å². The van der Waals surface area contributed by atoms with E-state index in [0.717, 1.165) is 17.7 Å². The van der Waals surface area contributed by atoms with Crippen LogP contribution >= 0.6 is 0 Å². The van der Waals surface area contributed by atoms with E-state index in [2.05, 4.69) is 4.98 Å². The summed E-state index contributed by atoms with van der Waals surface area (Å²) < 4.78 is 74.8. The molecule has 9 nitrogen and oxygen atoms in total. The number of benzene rings is 2. The van der Waals surface area contributed by atoms with Gasteiger partial charge in [0.1, 0.15) is 11.5 Å². The highest BCUT2D eigenvalue weighted by atomic mass is 32.2. The molecule has 2 N–H and O–H groups in total. The summed E-state index contributed by atoms with van der Waals surface area (Å²) in [6, 6.07) is 12.1. The summed E-state index contributed by atoms with van der Waals surface area (Å²) in [4.78, 5) is 27.7. The smallest absolute Gasteiger partial charge is 0.417 e. The number of amides is 3. The van der Waals surface area contributed by atoms with Gasteiger partial charge >= 0.3 is 12.2 Å². The van der Waals surface area contributed by atoms with E-state index in [4.69, 9.17) is 9.47 Å². The van der Waals surface area contributed by atoms with E-state index in [-0.39, 0.29) is 22.3 Å². The second-order valence-corrected chi connectivity index (χ2v) is 9.14. The van der Waals surface area contributed by atoms with Gasteiger partial charge in [-0.25, -0.2) is 22.9 Å². The molecular formula is C23H20F3N3O6S. The Morgan fingerprint density at radius 3 is 2.11 bits per heavy atom. The van der Waals surface area contributed by atoms with E-state index < -0.39 is 39.8 Å². The Kier molecular flexibility index (Phi) is 7.83. The molecule has 0 saturated heterocycles. The number of hydrogen-bond donors (Lipinski definition) is 2.